The average molecular weight is 284 g/mol. The lowest BCUT2D eigenvalue weighted by Gasteiger charge is -2.36. The molecule has 1 aromatic rings. The number of nitrogens with one attached hydrogen (secondary N) is 2. The van der Waals surface area contributed by atoms with Gasteiger partial charge in [-0.2, -0.15) is 13.2 Å². The van der Waals surface area contributed by atoms with Crippen LogP contribution in [0.1, 0.15) is 37.7 Å². The summed E-state index contributed by atoms with van der Waals surface area (Å²) < 4.78 is 38.3. The molecule has 110 valence electrons. The van der Waals surface area contributed by atoms with E-state index in [2.05, 4.69) is 10.6 Å². The second-order valence-electron chi connectivity index (χ2n) is 6.03. The van der Waals surface area contributed by atoms with E-state index in [-0.39, 0.29) is 5.41 Å². The molecule has 1 fully saturated rings. The lowest BCUT2D eigenvalue weighted by Crippen LogP contribution is -2.36. The fourth-order valence-electron chi connectivity index (χ4n) is 3.30. The fourth-order valence-corrected chi connectivity index (χ4v) is 3.30. The number of hydrogen-bond donors (Lipinski definition) is 2. The van der Waals surface area contributed by atoms with E-state index in [1.54, 1.807) is 0 Å². The third kappa shape index (κ3) is 2.58. The van der Waals surface area contributed by atoms with Gasteiger partial charge in [-0.25, -0.2) is 0 Å². The summed E-state index contributed by atoms with van der Waals surface area (Å²) in [7, 11) is 0. The van der Waals surface area contributed by atoms with E-state index in [9.17, 15) is 13.2 Å². The van der Waals surface area contributed by atoms with Gasteiger partial charge in [-0.15, -0.1) is 0 Å². The van der Waals surface area contributed by atoms with E-state index in [4.69, 9.17) is 0 Å². The number of rotatable bonds is 0. The van der Waals surface area contributed by atoms with E-state index < -0.39 is 11.7 Å². The minimum absolute atomic E-state index is 0.190. The highest BCUT2D eigenvalue weighted by atomic mass is 19.4. The van der Waals surface area contributed by atoms with E-state index in [0.717, 1.165) is 37.7 Å². The normalized spacial score (nSPS) is 21.6. The molecule has 0 unspecified atom stereocenters. The summed E-state index contributed by atoms with van der Waals surface area (Å²) >= 11 is 0. The predicted octanol–water partition coefficient (Wildman–Crippen LogP) is 4.49. The Bertz CT molecular complexity index is 490. The van der Waals surface area contributed by atoms with Gasteiger partial charge in [-0.05, 0) is 31.0 Å². The zero-order valence-electron chi connectivity index (χ0n) is 11.3. The summed E-state index contributed by atoms with van der Waals surface area (Å²) in [6, 6.07) is 3.89. The number of anilines is 2. The first-order valence-electron chi connectivity index (χ1n) is 7.18. The molecule has 1 saturated carbocycles. The molecule has 1 heterocycles. The van der Waals surface area contributed by atoms with Gasteiger partial charge < -0.3 is 10.6 Å². The molecule has 1 aliphatic carbocycles. The molecule has 20 heavy (non-hydrogen) atoms. The zero-order chi connectivity index (χ0) is 14.2. The van der Waals surface area contributed by atoms with Crippen molar-refractivity contribution in [2.45, 2.75) is 38.3 Å². The zero-order valence-corrected chi connectivity index (χ0v) is 11.3. The molecule has 0 bridgehead atoms. The summed E-state index contributed by atoms with van der Waals surface area (Å²) in [5.41, 5.74) is 0.947. The molecule has 0 amide bonds. The number of fused-ring (bicyclic) bond motifs is 1. The monoisotopic (exact) mass is 284 g/mol. The fraction of sp³-hybridized carbons (Fsp3) is 0.600. The number of halogens is 3. The van der Waals surface area contributed by atoms with Crippen LogP contribution in [0.15, 0.2) is 18.2 Å². The summed E-state index contributed by atoms with van der Waals surface area (Å²) in [5, 5.41) is 6.57. The van der Waals surface area contributed by atoms with E-state index in [0.29, 0.717) is 5.69 Å². The molecule has 1 spiro atoms. The van der Waals surface area contributed by atoms with Gasteiger partial charge in [0.05, 0.1) is 16.9 Å². The van der Waals surface area contributed by atoms with Gasteiger partial charge in [0, 0.05) is 18.5 Å². The minimum atomic E-state index is -4.29. The molecule has 2 nitrogen and oxygen atoms in total. The molecule has 0 radical (unpaired) electrons. The standard InChI is InChI=1S/C15H19F3N2/c16-15(17,18)11-4-5-12-13(8-11)20-10-14(9-19-12)6-2-1-3-7-14/h4-5,8,19-20H,1-3,6-7,9-10H2. The van der Waals surface area contributed by atoms with Crippen LogP contribution < -0.4 is 10.6 Å². The highest BCUT2D eigenvalue weighted by Crippen LogP contribution is 2.41. The van der Waals surface area contributed by atoms with Crippen molar-refractivity contribution in [2.75, 3.05) is 23.7 Å². The Morgan fingerprint density at radius 2 is 1.55 bits per heavy atom. The van der Waals surface area contributed by atoms with Crippen LogP contribution in [0.5, 0.6) is 0 Å². The number of benzene rings is 1. The molecule has 0 aromatic heterocycles. The summed E-state index contributed by atoms with van der Waals surface area (Å²) in [4.78, 5) is 0. The third-order valence-corrected chi connectivity index (χ3v) is 4.57. The van der Waals surface area contributed by atoms with Crippen LogP contribution in [0.25, 0.3) is 0 Å². The summed E-state index contributed by atoms with van der Waals surface area (Å²) in [6.45, 7) is 1.60. The van der Waals surface area contributed by atoms with Gasteiger partial charge in [-0.1, -0.05) is 19.3 Å². The molecule has 1 aromatic carbocycles. The lowest BCUT2D eigenvalue weighted by molar-refractivity contribution is -0.137. The minimum Gasteiger partial charge on any atom is -0.383 e. The van der Waals surface area contributed by atoms with Crippen molar-refractivity contribution in [1.82, 2.24) is 0 Å². The quantitative estimate of drug-likeness (QED) is 0.733. The van der Waals surface area contributed by atoms with E-state index in [1.165, 1.54) is 31.4 Å². The van der Waals surface area contributed by atoms with Crippen LogP contribution in [0.2, 0.25) is 0 Å². The van der Waals surface area contributed by atoms with Crippen LogP contribution in [0.4, 0.5) is 24.5 Å². The molecule has 5 heteroatoms. The first-order chi connectivity index (χ1) is 9.49. The second-order valence-corrected chi connectivity index (χ2v) is 6.03. The molecule has 0 saturated heterocycles. The Balaban J connectivity index is 1.83. The molecule has 3 rings (SSSR count). The first kappa shape index (κ1) is 13.6. The molecule has 1 aliphatic heterocycles. The van der Waals surface area contributed by atoms with Gasteiger partial charge in [0.25, 0.3) is 0 Å². The van der Waals surface area contributed by atoms with Gasteiger partial charge in [0.15, 0.2) is 0 Å². The van der Waals surface area contributed by atoms with Gasteiger partial charge in [0.1, 0.15) is 0 Å². The van der Waals surface area contributed by atoms with Crippen molar-refractivity contribution in [1.29, 1.82) is 0 Å². The van der Waals surface area contributed by atoms with Crippen molar-refractivity contribution >= 4 is 11.4 Å². The van der Waals surface area contributed by atoms with Gasteiger partial charge >= 0.3 is 6.18 Å². The van der Waals surface area contributed by atoms with E-state index in [1.807, 2.05) is 0 Å². The number of alkyl halides is 3. The molecular weight excluding hydrogens is 265 g/mol. The first-order valence-corrected chi connectivity index (χ1v) is 7.18. The molecule has 2 N–H and O–H groups in total. The second kappa shape index (κ2) is 4.86. The van der Waals surface area contributed by atoms with Gasteiger partial charge in [-0.3, -0.25) is 0 Å². The maximum Gasteiger partial charge on any atom is 0.416 e. The Labute approximate surface area is 116 Å². The van der Waals surface area contributed by atoms with Crippen molar-refractivity contribution in [3.05, 3.63) is 23.8 Å². The van der Waals surface area contributed by atoms with Crippen molar-refractivity contribution in [3.8, 4) is 0 Å². The average Bonchev–Trinajstić information content (AvgIpc) is 2.59. The largest absolute Gasteiger partial charge is 0.416 e. The van der Waals surface area contributed by atoms with Crippen molar-refractivity contribution < 1.29 is 13.2 Å². The highest BCUT2D eigenvalue weighted by Gasteiger charge is 2.35. The summed E-state index contributed by atoms with van der Waals surface area (Å²) in [6.07, 6.45) is 1.71. The van der Waals surface area contributed by atoms with Crippen LogP contribution >= 0.6 is 0 Å². The van der Waals surface area contributed by atoms with Gasteiger partial charge in [0.2, 0.25) is 0 Å². The Morgan fingerprint density at radius 3 is 2.20 bits per heavy atom. The van der Waals surface area contributed by atoms with Crippen LogP contribution in [0.3, 0.4) is 0 Å². The Hall–Kier alpha value is -1.39. The summed E-state index contributed by atoms with van der Waals surface area (Å²) in [5.74, 6) is 0. The Morgan fingerprint density at radius 1 is 0.900 bits per heavy atom. The maximum atomic E-state index is 12.8. The topological polar surface area (TPSA) is 24.1 Å². The van der Waals surface area contributed by atoms with E-state index >= 15 is 0 Å². The van der Waals surface area contributed by atoms with Crippen LogP contribution in [0, 0.1) is 5.41 Å². The Kier molecular flexibility index (Phi) is 3.30. The number of hydrogen-bond acceptors (Lipinski definition) is 2. The lowest BCUT2D eigenvalue weighted by atomic mass is 9.74. The SMILES string of the molecule is FC(F)(F)c1ccc2c(c1)NCC1(CCCCC1)CN2. The third-order valence-electron chi connectivity index (χ3n) is 4.57. The maximum absolute atomic E-state index is 12.8. The molecular formula is C15H19F3N2. The molecule has 0 atom stereocenters. The predicted molar refractivity (Wildman–Crippen MR) is 73.9 cm³/mol. The van der Waals surface area contributed by atoms with Crippen LogP contribution in [-0.4, -0.2) is 13.1 Å². The van der Waals surface area contributed by atoms with Crippen molar-refractivity contribution in [3.63, 3.8) is 0 Å². The van der Waals surface area contributed by atoms with Crippen molar-refractivity contribution in [2.24, 2.45) is 5.41 Å². The smallest absolute Gasteiger partial charge is 0.383 e. The van der Waals surface area contributed by atoms with Crippen LogP contribution in [-0.2, 0) is 6.18 Å². The molecule has 2 aliphatic rings. The highest BCUT2D eigenvalue weighted by molar-refractivity contribution is 5.71.